The van der Waals surface area contributed by atoms with Crippen molar-refractivity contribution in [3.63, 3.8) is 0 Å². The molecule has 1 saturated carbocycles. The number of anilines is 1. The first-order chi connectivity index (χ1) is 13.1. The summed E-state index contributed by atoms with van der Waals surface area (Å²) in [4.78, 5) is 27.0. The number of aromatic carboxylic acids is 1. The summed E-state index contributed by atoms with van der Waals surface area (Å²) in [5.74, 6) is -0.863. The highest BCUT2D eigenvalue weighted by atomic mass is 16.4. The molecule has 2 heterocycles. The second-order valence-electron chi connectivity index (χ2n) is 6.62. The van der Waals surface area contributed by atoms with Crippen molar-refractivity contribution in [2.45, 2.75) is 19.4 Å². The molecule has 0 bridgehead atoms. The minimum atomic E-state index is -1.19. The first kappa shape index (κ1) is 17.0. The number of rotatable bonds is 6. The van der Waals surface area contributed by atoms with Gasteiger partial charge in [0, 0.05) is 24.2 Å². The Morgan fingerprint density at radius 3 is 2.93 bits per heavy atom. The second kappa shape index (κ2) is 7.03. The molecule has 0 unspecified atom stereocenters. The van der Waals surface area contributed by atoms with E-state index in [2.05, 4.69) is 15.4 Å². The van der Waals surface area contributed by atoms with Gasteiger partial charge in [-0.15, -0.1) is 0 Å². The largest absolute Gasteiger partial charge is 0.476 e. The number of carbonyl (C=O) groups excluding carboxylic acids is 1. The lowest BCUT2D eigenvalue weighted by Crippen LogP contribution is -2.13. The van der Waals surface area contributed by atoms with Crippen LogP contribution in [-0.4, -0.2) is 31.7 Å². The highest BCUT2D eigenvalue weighted by Crippen LogP contribution is 2.31. The third-order valence-corrected chi connectivity index (χ3v) is 4.49. The molecule has 2 N–H and O–H groups in total. The third-order valence-electron chi connectivity index (χ3n) is 4.49. The van der Waals surface area contributed by atoms with E-state index in [-0.39, 0.29) is 11.4 Å². The Kier molecular flexibility index (Phi) is 4.42. The lowest BCUT2D eigenvalue weighted by Gasteiger charge is -2.05. The summed E-state index contributed by atoms with van der Waals surface area (Å²) in [6.45, 7) is 0.956. The molecule has 27 heavy (non-hydrogen) atoms. The standard InChI is InChI=1S/C20H18N4O3/c25-18(23-16-2-1-9-21-19(16)20(26)27)8-6-13-5-7-17-15(10-13)11-22-24(17)12-14-3-4-14/h1-2,5-11,14H,3-4,12H2,(H,23,25)(H,26,27)/b8-6+. The average Bonchev–Trinajstić information content (AvgIpc) is 3.39. The van der Waals surface area contributed by atoms with Crippen molar-refractivity contribution in [1.29, 1.82) is 0 Å². The van der Waals surface area contributed by atoms with Crippen molar-refractivity contribution in [1.82, 2.24) is 14.8 Å². The zero-order chi connectivity index (χ0) is 18.8. The normalized spacial score (nSPS) is 13.9. The monoisotopic (exact) mass is 362 g/mol. The maximum Gasteiger partial charge on any atom is 0.356 e. The minimum absolute atomic E-state index is 0.163. The summed E-state index contributed by atoms with van der Waals surface area (Å²) >= 11 is 0. The molecule has 4 rings (SSSR count). The Labute approximate surface area is 155 Å². The Morgan fingerprint density at radius 1 is 1.30 bits per heavy atom. The van der Waals surface area contributed by atoms with Crippen LogP contribution in [0.15, 0.2) is 48.8 Å². The van der Waals surface area contributed by atoms with E-state index in [1.807, 2.05) is 29.1 Å². The fraction of sp³-hybridized carbons (Fsp3) is 0.200. The van der Waals surface area contributed by atoms with Crippen molar-refractivity contribution in [2.75, 3.05) is 5.32 Å². The number of carbonyl (C=O) groups is 2. The third kappa shape index (κ3) is 3.87. The Balaban J connectivity index is 1.47. The summed E-state index contributed by atoms with van der Waals surface area (Å²) in [5.41, 5.74) is 1.93. The van der Waals surface area contributed by atoms with E-state index in [0.29, 0.717) is 0 Å². The molecule has 0 atom stereocenters. The maximum atomic E-state index is 12.1. The lowest BCUT2D eigenvalue weighted by atomic mass is 10.1. The van der Waals surface area contributed by atoms with Gasteiger partial charge in [-0.25, -0.2) is 9.78 Å². The highest BCUT2D eigenvalue weighted by Gasteiger charge is 2.22. The first-order valence-corrected chi connectivity index (χ1v) is 8.73. The van der Waals surface area contributed by atoms with E-state index in [1.165, 1.54) is 31.2 Å². The smallest absolute Gasteiger partial charge is 0.356 e. The summed E-state index contributed by atoms with van der Waals surface area (Å²) < 4.78 is 2.03. The number of carboxylic acids is 1. The van der Waals surface area contributed by atoms with Gasteiger partial charge in [-0.2, -0.15) is 5.10 Å². The van der Waals surface area contributed by atoms with Crippen LogP contribution in [0.3, 0.4) is 0 Å². The van der Waals surface area contributed by atoms with E-state index < -0.39 is 11.9 Å². The topological polar surface area (TPSA) is 97.1 Å². The number of fused-ring (bicyclic) bond motifs is 1. The number of benzene rings is 1. The van der Waals surface area contributed by atoms with Gasteiger partial charge in [0.1, 0.15) is 0 Å². The predicted molar refractivity (Wildman–Crippen MR) is 101 cm³/mol. The van der Waals surface area contributed by atoms with Crippen LogP contribution in [0.5, 0.6) is 0 Å². The zero-order valence-corrected chi connectivity index (χ0v) is 14.5. The van der Waals surface area contributed by atoms with Gasteiger partial charge in [0.05, 0.1) is 17.4 Å². The van der Waals surface area contributed by atoms with Crippen molar-refractivity contribution in [3.05, 3.63) is 60.1 Å². The molecule has 0 spiro atoms. The molecule has 3 aromatic rings. The van der Waals surface area contributed by atoms with Gasteiger partial charge >= 0.3 is 5.97 Å². The lowest BCUT2D eigenvalue weighted by molar-refractivity contribution is -0.111. The van der Waals surface area contributed by atoms with E-state index in [4.69, 9.17) is 5.11 Å². The molecule has 1 amide bonds. The summed E-state index contributed by atoms with van der Waals surface area (Å²) in [5, 5.41) is 17.1. The molecule has 1 aromatic carbocycles. The Bertz CT molecular complexity index is 1050. The zero-order valence-electron chi connectivity index (χ0n) is 14.5. The van der Waals surface area contributed by atoms with Gasteiger partial charge in [-0.05, 0) is 54.7 Å². The number of nitrogens with one attached hydrogen (secondary N) is 1. The number of nitrogens with zero attached hydrogens (tertiary/aromatic N) is 3. The number of pyridine rings is 1. The molecular weight excluding hydrogens is 344 g/mol. The quantitative estimate of drug-likeness (QED) is 0.657. The van der Waals surface area contributed by atoms with Gasteiger partial charge < -0.3 is 10.4 Å². The average molecular weight is 362 g/mol. The van der Waals surface area contributed by atoms with Crippen LogP contribution in [0.4, 0.5) is 5.69 Å². The SMILES string of the molecule is O=C(/C=C/c1ccc2c(cnn2CC2CC2)c1)Nc1cccnc1C(=O)O. The molecule has 2 aromatic heterocycles. The molecule has 1 fully saturated rings. The van der Waals surface area contributed by atoms with E-state index >= 15 is 0 Å². The van der Waals surface area contributed by atoms with Crippen LogP contribution in [0.2, 0.25) is 0 Å². The van der Waals surface area contributed by atoms with Crippen LogP contribution in [0.1, 0.15) is 28.9 Å². The van der Waals surface area contributed by atoms with Gasteiger partial charge in [-0.1, -0.05) is 6.07 Å². The van der Waals surface area contributed by atoms with Crippen molar-refractivity contribution < 1.29 is 14.7 Å². The number of aromatic nitrogens is 3. The molecule has 1 aliphatic rings. The van der Waals surface area contributed by atoms with E-state index in [0.717, 1.165) is 28.9 Å². The van der Waals surface area contributed by atoms with Crippen LogP contribution in [0.25, 0.3) is 17.0 Å². The Morgan fingerprint density at radius 2 is 2.15 bits per heavy atom. The molecule has 7 heteroatoms. The molecule has 0 saturated heterocycles. The summed E-state index contributed by atoms with van der Waals surface area (Å²) in [6, 6.07) is 8.99. The van der Waals surface area contributed by atoms with Gasteiger partial charge in [0.15, 0.2) is 5.69 Å². The highest BCUT2D eigenvalue weighted by molar-refractivity contribution is 6.05. The molecular formula is C20H18N4O3. The second-order valence-corrected chi connectivity index (χ2v) is 6.62. The van der Waals surface area contributed by atoms with E-state index in [9.17, 15) is 9.59 Å². The van der Waals surface area contributed by atoms with Crippen molar-refractivity contribution >= 4 is 34.5 Å². The maximum absolute atomic E-state index is 12.1. The minimum Gasteiger partial charge on any atom is -0.476 e. The van der Waals surface area contributed by atoms with Crippen LogP contribution >= 0.6 is 0 Å². The molecule has 136 valence electrons. The number of hydrogen-bond acceptors (Lipinski definition) is 4. The fourth-order valence-electron chi connectivity index (χ4n) is 2.92. The van der Waals surface area contributed by atoms with Gasteiger partial charge in [0.2, 0.25) is 5.91 Å². The fourth-order valence-corrected chi connectivity index (χ4v) is 2.92. The molecule has 7 nitrogen and oxygen atoms in total. The van der Waals surface area contributed by atoms with Gasteiger partial charge in [-0.3, -0.25) is 9.48 Å². The van der Waals surface area contributed by atoms with Crippen molar-refractivity contribution in [3.8, 4) is 0 Å². The first-order valence-electron chi connectivity index (χ1n) is 8.73. The van der Waals surface area contributed by atoms with Crippen LogP contribution in [0, 0.1) is 5.92 Å². The molecule has 1 aliphatic carbocycles. The van der Waals surface area contributed by atoms with Crippen molar-refractivity contribution in [2.24, 2.45) is 5.92 Å². The summed E-state index contributed by atoms with van der Waals surface area (Å²) in [6.07, 6.45) is 8.81. The molecule has 0 radical (unpaired) electrons. The molecule has 0 aliphatic heterocycles. The number of carboxylic acid groups (broad SMARTS) is 1. The van der Waals surface area contributed by atoms with Crippen LogP contribution < -0.4 is 5.32 Å². The Hall–Kier alpha value is -3.48. The predicted octanol–water partition coefficient (Wildman–Crippen LogP) is 3.19. The van der Waals surface area contributed by atoms with Gasteiger partial charge in [0.25, 0.3) is 0 Å². The number of amides is 1. The number of hydrogen-bond donors (Lipinski definition) is 2. The van der Waals surface area contributed by atoms with Crippen LogP contribution in [-0.2, 0) is 11.3 Å². The summed E-state index contributed by atoms with van der Waals surface area (Å²) in [7, 11) is 0. The van der Waals surface area contributed by atoms with E-state index in [1.54, 1.807) is 12.1 Å².